The van der Waals surface area contributed by atoms with Gasteiger partial charge < -0.3 is 15.2 Å². The Hall–Kier alpha value is -1.36. The second-order valence-corrected chi connectivity index (χ2v) is 5.88. The van der Waals surface area contributed by atoms with Crippen LogP contribution in [0.5, 0.6) is 0 Å². The first kappa shape index (κ1) is 15.0. The Morgan fingerprint density at radius 2 is 1.85 bits per heavy atom. The van der Waals surface area contributed by atoms with E-state index in [0.29, 0.717) is 12.1 Å². The van der Waals surface area contributed by atoms with Gasteiger partial charge in [0.05, 0.1) is 5.69 Å². The summed E-state index contributed by atoms with van der Waals surface area (Å²) in [6, 6.07) is 1.10. The number of rotatable bonds is 4. The molecule has 112 valence electrons. The molecule has 0 saturated heterocycles. The highest BCUT2D eigenvalue weighted by molar-refractivity contribution is 5.73. The largest absolute Gasteiger partial charge is 0.361 e. The summed E-state index contributed by atoms with van der Waals surface area (Å²) in [5.41, 5.74) is 2.14. The molecule has 1 atom stereocenters. The summed E-state index contributed by atoms with van der Waals surface area (Å²) >= 11 is 0. The fourth-order valence-corrected chi connectivity index (χ4v) is 3.24. The average molecular weight is 279 g/mol. The number of hydrogen-bond donors (Lipinski definition) is 2. The van der Waals surface area contributed by atoms with Crippen LogP contribution < -0.4 is 10.6 Å². The molecule has 0 aromatic carbocycles. The van der Waals surface area contributed by atoms with Gasteiger partial charge in [-0.3, -0.25) is 4.79 Å². The van der Waals surface area contributed by atoms with Gasteiger partial charge in [0.25, 0.3) is 0 Å². The Kier molecular flexibility index (Phi) is 4.81. The van der Waals surface area contributed by atoms with Crippen molar-refractivity contribution in [2.75, 3.05) is 0 Å². The molecular formula is C15H25N3O2. The van der Waals surface area contributed by atoms with Crippen molar-refractivity contribution >= 4 is 5.91 Å². The van der Waals surface area contributed by atoms with Crippen LogP contribution in [0, 0.1) is 13.8 Å². The number of carbonyl (C=O) groups excluding carboxylic acids is 1. The van der Waals surface area contributed by atoms with Crippen LogP contribution in [0.25, 0.3) is 0 Å². The molecule has 1 aromatic rings. The number of aryl methyl sites for hydroxylation is 2. The second kappa shape index (κ2) is 6.39. The van der Waals surface area contributed by atoms with E-state index in [4.69, 9.17) is 4.52 Å². The number of hydrogen-bond acceptors (Lipinski definition) is 4. The lowest BCUT2D eigenvalue weighted by Crippen LogP contribution is -2.42. The van der Waals surface area contributed by atoms with Crippen LogP contribution in [-0.2, 0) is 4.79 Å². The maximum absolute atomic E-state index is 11.1. The smallest absolute Gasteiger partial charge is 0.217 e. The topological polar surface area (TPSA) is 67.2 Å². The molecule has 0 spiro atoms. The summed E-state index contributed by atoms with van der Waals surface area (Å²) in [6.07, 6.45) is 4.29. The normalized spacial score (nSPS) is 24.4. The fourth-order valence-electron chi connectivity index (χ4n) is 3.24. The first-order chi connectivity index (χ1) is 9.47. The van der Waals surface area contributed by atoms with Crippen LogP contribution >= 0.6 is 0 Å². The number of amides is 1. The summed E-state index contributed by atoms with van der Waals surface area (Å²) in [5, 5.41) is 10.7. The second-order valence-electron chi connectivity index (χ2n) is 5.88. The van der Waals surface area contributed by atoms with Crippen molar-refractivity contribution in [3.8, 4) is 0 Å². The quantitative estimate of drug-likeness (QED) is 0.888. The predicted octanol–water partition coefficient (Wildman–Crippen LogP) is 2.39. The van der Waals surface area contributed by atoms with E-state index in [-0.39, 0.29) is 11.9 Å². The maximum Gasteiger partial charge on any atom is 0.217 e. The van der Waals surface area contributed by atoms with E-state index in [1.807, 2.05) is 13.8 Å². The van der Waals surface area contributed by atoms with E-state index in [9.17, 15) is 4.79 Å². The summed E-state index contributed by atoms with van der Waals surface area (Å²) in [4.78, 5) is 11.1. The number of carbonyl (C=O) groups is 1. The van der Waals surface area contributed by atoms with E-state index < -0.39 is 0 Å². The molecule has 0 radical (unpaired) electrons. The van der Waals surface area contributed by atoms with Crippen LogP contribution in [0.3, 0.4) is 0 Å². The minimum absolute atomic E-state index is 0.0745. The van der Waals surface area contributed by atoms with Gasteiger partial charge in [0.1, 0.15) is 5.76 Å². The van der Waals surface area contributed by atoms with Crippen molar-refractivity contribution in [2.45, 2.75) is 71.5 Å². The molecule has 5 heteroatoms. The molecule has 1 aromatic heterocycles. The Balaban J connectivity index is 1.85. The maximum atomic E-state index is 11.1. The lowest BCUT2D eigenvalue weighted by Gasteiger charge is -2.31. The minimum atomic E-state index is 0.0745. The summed E-state index contributed by atoms with van der Waals surface area (Å²) in [7, 11) is 0. The van der Waals surface area contributed by atoms with Crippen LogP contribution in [0.2, 0.25) is 0 Å². The molecule has 2 N–H and O–H groups in total. The summed E-state index contributed by atoms with van der Waals surface area (Å²) in [6.45, 7) is 7.69. The number of aromatic nitrogens is 1. The monoisotopic (exact) mass is 279 g/mol. The van der Waals surface area contributed by atoms with Crippen LogP contribution in [0.1, 0.15) is 62.6 Å². The summed E-state index contributed by atoms with van der Waals surface area (Å²) < 4.78 is 5.23. The Bertz CT molecular complexity index is 442. The van der Waals surface area contributed by atoms with Gasteiger partial charge in [-0.25, -0.2) is 0 Å². The van der Waals surface area contributed by atoms with Gasteiger partial charge in [0.2, 0.25) is 5.91 Å². The third-order valence-electron chi connectivity index (χ3n) is 4.14. The lowest BCUT2D eigenvalue weighted by molar-refractivity contribution is -0.119. The molecule has 5 nitrogen and oxygen atoms in total. The van der Waals surface area contributed by atoms with Crippen molar-refractivity contribution in [1.82, 2.24) is 15.8 Å². The van der Waals surface area contributed by atoms with Crippen molar-refractivity contribution in [3.63, 3.8) is 0 Å². The van der Waals surface area contributed by atoms with Crippen LogP contribution in [0.15, 0.2) is 4.52 Å². The van der Waals surface area contributed by atoms with E-state index in [0.717, 1.165) is 37.1 Å². The van der Waals surface area contributed by atoms with Crippen molar-refractivity contribution in [3.05, 3.63) is 17.0 Å². The zero-order valence-corrected chi connectivity index (χ0v) is 12.8. The number of nitrogens with zero attached hydrogens (tertiary/aromatic N) is 1. The van der Waals surface area contributed by atoms with Crippen molar-refractivity contribution in [1.29, 1.82) is 0 Å². The van der Waals surface area contributed by atoms with Gasteiger partial charge in [-0.1, -0.05) is 5.16 Å². The first-order valence-electron chi connectivity index (χ1n) is 7.43. The standard InChI is InChI=1S/C15H25N3O2/c1-9(15-10(2)18-20-11(15)3)16-13-5-7-14(8-6-13)17-12(4)19/h9,13-14,16H,5-8H2,1-4H3,(H,17,19)/t9-,13?,14?/m1/s1. The zero-order valence-electron chi connectivity index (χ0n) is 12.8. The highest BCUT2D eigenvalue weighted by atomic mass is 16.5. The molecule has 1 heterocycles. The molecule has 1 fully saturated rings. The first-order valence-corrected chi connectivity index (χ1v) is 7.43. The molecule has 2 rings (SSSR count). The highest BCUT2D eigenvalue weighted by Gasteiger charge is 2.24. The van der Waals surface area contributed by atoms with Crippen LogP contribution in [-0.4, -0.2) is 23.1 Å². The number of nitrogens with one attached hydrogen (secondary N) is 2. The van der Waals surface area contributed by atoms with E-state index >= 15 is 0 Å². The molecule has 1 aliphatic carbocycles. The molecular weight excluding hydrogens is 254 g/mol. The average Bonchev–Trinajstić information content (AvgIpc) is 2.71. The third kappa shape index (κ3) is 3.60. The van der Waals surface area contributed by atoms with E-state index in [1.165, 1.54) is 5.56 Å². The fraction of sp³-hybridized carbons (Fsp3) is 0.733. The zero-order chi connectivity index (χ0) is 14.7. The third-order valence-corrected chi connectivity index (χ3v) is 4.14. The Labute approximate surface area is 120 Å². The summed E-state index contributed by atoms with van der Waals surface area (Å²) in [5.74, 6) is 0.972. The predicted molar refractivity (Wildman–Crippen MR) is 77.4 cm³/mol. The van der Waals surface area contributed by atoms with Gasteiger partial charge in [-0.15, -0.1) is 0 Å². The molecule has 0 unspecified atom stereocenters. The Morgan fingerprint density at radius 3 is 2.35 bits per heavy atom. The van der Waals surface area contributed by atoms with Gasteiger partial charge >= 0.3 is 0 Å². The van der Waals surface area contributed by atoms with E-state index in [2.05, 4.69) is 22.7 Å². The SMILES string of the molecule is CC(=O)NC1CCC(N[C@H](C)c2c(C)noc2C)CC1. The highest BCUT2D eigenvalue weighted by Crippen LogP contribution is 2.25. The van der Waals surface area contributed by atoms with Crippen molar-refractivity contribution < 1.29 is 9.32 Å². The van der Waals surface area contributed by atoms with Gasteiger partial charge in [0.15, 0.2) is 0 Å². The lowest BCUT2D eigenvalue weighted by atomic mass is 9.90. The van der Waals surface area contributed by atoms with Gasteiger partial charge in [-0.05, 0) is 46.5 Å². The van der Waals surface area contributed by atoms with Crippen LogP contribution in [0.4, 0.5) is 0 Å². The molecule has 1 amide bonds. The molecule has 20 heavy (non-hydrogen) atoms. The van der Waals surface area contributed by atoms with Crippen molar-refractivity contribution in [2.24, 2.45) is 0 Å². The minimum Gasteiger partial charge on any atom is -0.361 e. The molecule has 0 bridgehead atoms. The Morgan fingerprint density at radius 1 is 1.25 bits per heavy atom. The van der Waals surface area contributed by atoms with E-state index in [1.54, 1.807) is 6.92 Å². The molecule has 1 saturated carbocycles. The molecule has 0 aliphatic heterocycles. The van der Waals surface area contributed by atoms with Gasteiger partial charge in [0, 0.05) is 30.6 Å². The van der Waals surface area contributed by atoms with Gasteiger partial charge in [-0.2, -0.15) is 0 Å². The molecule has 1 aliphatic rings.